The van der Waals surface area contributed by atoms with Crippen LogP contribution in [0.5, 0.6) is 0 Å². The Morgan fingerprint density at radius 1 is 1.45 bits per heavy atom. The van der Waals surface area contributed by atoms with Gasteiger partial charge in [0.2, 0.25) is 9.05 Å². The van der Waals surface area contributed by atoms with Crippen LogP contribution < -0.4 is 5.32 Å². The second-order valence-corrected chi connectivity index (χ2v) is 9.13. The number of rotatable bonds is 4. The fourth-order valence-electron chi connectivity index (χ4n) is 1.32. The molecule has 0 saturated heterocycles. The van der Waals surface area contributed by atoms with E-state index in [4.69, 9.17) is 15.4 Å². The predicted molar refractivity (Wildman–Crippen MR) is 80.1 cm³/mol. The Morgan fingerprint density at radius 3 is 2.55 bits per heavy atom. The van der Waals surface area contributed by atoms with Crippen LogP contribution in [-0.2, 0) is 20.2 Å². The van der Waals surface area contributed by atoms with E-state index in [1.165, 1.54) is 11.3 Å². The molecule has 0 bridgehead atoms. The third-order valence-electron chi connectivity index (χ3n) is 2.07. The molecule has 0 radical (unpaired) electrons. The molecule has 1 N–H and O–H groups in total. The summed E-state index contributed by atoms with van der Waals surface area (Å²) < 4.78 is 26.9. The van der Waals surface area contributed by atoms with Gasteiger partial charge in [-0.15, -0.1) is 11.3 Å². The third-order valence-corrected chi connectivity index (χ3v) is 4.36. The highest BCUT2D eigenvalue weighted by molar-refractivity contribution is 8.13. The maximum atomic E-state index is 11.6. The van der Waals surface area contributed by atoms with Gasteiger partial charge in [-0.3, -0.25) is 5.32 Å². The van der Waals surface area contributed by atoms with Crippen LogP contribution in [0.3, 0.4) is 0 Å². The van der Waals surface area contributed by atoms with E-state index >= 15 is 0 Å². The van der Waals surface area contributed by atoms with E-state index in [1.807, 2.05) is 0 Å². The van der Waals surface area contributed by atoms with Crippen LogP contribution in [0, 0.1) is 6.92 Å². The number of thiazole rings is 1. The van der Waals surface area contributed by atoms with E-state index in [2.05, 4.69) is 10.3 Å². The lowest BCUT2D eigenvalue weighted by atomic mass is 10.2. The SMILES string of the molecule is Cc1nc(NC(=O)OC(C)(C)C)sc1CCS(=O)(=O)Cl. The number of hydrogen-bond acceptors (Lipinski definition) is 6. The minimum Gasteiger partial charge on any atom is -0.444 e. The highest BCUT2D eigenvalue weighted by atomic mass is 35.7. The summed E-state index contributed by atoms with van der Waals surface area (Å²) in [5, 5.41) is 2.89. The Bertz CT molecular complexity index is 590. The molecule has 1 aromatic rings. The van der Waals surface area contributed by atoms with Gasteiger partial charge in [-0.2, -0.15) is 0 Å². The molecule has 0 saturated carbocycles. The van der Waals surface area contributed by atoms with Crippen molar-refractivity contribution in [1.29, 1.82) is 0 Å². The molecule has 0 aliphatic rings. The average Bonchev–Trinajstić information content (AvgIpc) is 2.51. The quantitative estimate of drug-likeness (QED) is 0.852. The molecule has 0 unspecified atom stereocenters. The van der Waals surface area contributed by atoms with Crippen molar-refractivity contribution in [1.82, 2.24) is 4.98 Å². The van der Waals surface area contributed by atoms with Crippen molar-refractivity contribution < 1.29 is 17.9 Å². The van der Waals surface area contributed by atoms with Crippen LogP contribution in [-0.4, -0.2) is 30.8 Å². The predicted octanol–water partition coefficient (Wildman–Crippen LogP) is 2.91. The van der Waals surface area contributed by atoms with Crippen LogP contribution in [0.25, 0.3) is 0 Å². The minimum absolute atomic E-state index is 0.163. The smallest absolute Gasteiger partial charge is 0.413 e. The average molecular weight is 341 g/mol. The first-order valence-electron chi connectivity index (χ1n) is 5.85. The Kier molecular flexibility index (Phi) is 5.39. The molecule has 0 aliphatic carbocycles. The Labute approximate surface area is 126 Å². The number of aromatic nitrogens is 1. The summed E-state index contributed by atoms with van der Waals surface area (Å²) in [5.41, 5.74) is 0.0766. The van der Waals surface area contributed by atoms with Crippen molar-refractivity contribution >= 4 is 42.3 Å². The Balaban J connectivity index is 2.68. The van der Waals surface area contributed by atoms with Gasteiger partial charge in [-0.1, -0.05) is 0 Å². The second-order valence-electron chi connectivity index (χ2n) is 5.15. The topological polar surface area (TPSA) is 85.4 Å². The first-order chi connectivity index (χ1) is 8.96. The van der Waals surface area contributed by atoms with Crippen LogP contribution in [0.15, 0.2) is 0 Å². The van der Waals surface area contributed by atoms with E-state index in [1.54, 1.807) is 27.7 Å². The number of anilines is 1. The molecule has 1 rings (SSSR count). The summed E-state index contributed by atoms with van der Waals surface area (Å²) in [4.78, 5) is 16.5. The molecule has 0 aliphatic heterocycles. The lowest BCUT2D eigenvalue weighted by Gasteiger charge is -2.18. The highest BCUT2D eigenvalue weighted by Gasteiger charge is 2.18. The summed E-state index contributed by atoms with van der Waals surface area (Å²) in [7, 11) is 1.63. The summed E-state index contributed by atoms with van der Waals surface area (Å²) in [6.07, 6.45) is -0.325. The summed E-state index contributed by atoms with van der Waals surface area (Å²) in [5.74, 6) is -0.163. The fraction of sp³-hybridized carbons (Fsp3) is 0.636. The molecule has 1 amide bonds. The van der Waals surface area contributed by atoms with Crippen molar-refractivity contribution in [3.8, 4) is 0 Å². The molecule has 114 valence electrons. The van der Waals surface area contributed by atoms with E-state index in [9.17, 15) is 13.2 Å². The van der Waals surface area contributed by atoms with Crippen molar-refractivity contribution in [2.45, 2.75) is 39.7 Å². The van der Waals surface area contributed by atoms with E-state index in [0.717, 1.165) is 4.88 Å². The van der Waals surface area contributed by atoms with Crippen LogP contribution in [0.2, 0.25) is 0 Å². The molecular formula is C11H17ClN2O4S2. The van der Waals surface area contributed by atoms with Gasteiger partial charge >= 0.3 is 6.09 Å². The molecule has 0 fully saturated rings. The molecular weight excluding hydrogens is 324 g/mol. The normalized spacial score (nSPS) is 12.2. The van der Waals surface area contributed by atoms with E-state index < -0.39 is 20.7 Å². The highest BCUT2D eigenvalue weighted by Crippen LogP contribution is 2.24. The summed E-state index contributed by atoms with van der Waals surface area (Å²) in [6.45, 7) is 7.02. The molecule has 0 atom stereocenters. The van der Waals surface area contributed by atoms with Gasteiger partial charge in [-0.05, 0) is 34.1 Å². The fourth-order valence-corrected chi connectivity index (χ4v) is 3.08. The third kappa shape index (κ3) is 6.53. The number of carbonyl (C=O) groups excluding carboxylic acids is 1. The minimum atomic E-state index is -3.54. The zero-order valence-electron chi connectivity index (χ0n) is 11.7. The Hall–Kier alpha value is -0.860. The number of ether oxygens (including phenoxy) is 1. The number of nitrogens with zero attached hydrogens (tertiary/aromatic N) is 1. The largest absolute Gasteiger partial charge is 0.444 e. The molecule has 20 heavy (non-hydrogen) atoms. The maximum Gasteiger partial charge on any atom is 0.413 e. The van der Waals surface area contributed by atoms with Gasteiger partial charge in [0.1, 0.15) is 5.60 Å². The number of amides is 1. The van der Waals surface area contributed by atoms with Crippen LogP contribution in [0.4, 0.5) is 9.93 Å². The monoisotopic (exact) mass is 340 g/mol. The van der Waals surface area contributed by atoms with Gasteiger partial charge < -0.3 is 4.74 Å². The molecule has 0 aromatic carbocycles. The number of nitrogens with one attached hydrogen (secondary N) is 1. The van der Waals surface area contributed by atoms with Crippen LogP contribution >= 0.6 is 22.0 Å². The first kappa shape index (κ1) is 17.2. The summed E-state index contributed by atoms with van der Waals surface area (Å²) >= 11 is 1.21. The molecule has 9 heteroatoms. The first-order valence-corrected chi connectivity index (χ1v) is 9.14. The zero-order valence-corrected chi connectivity index (χ0v) is 14.1. The van der Waals surface area contributed by atoms with Gasteiger partial charge in [-0.25, -0.2) is 18.2 Å². The molecule has 1 heterocycles. The Morgan fingerprint density at radius 2 is 2.05 bits per heavy atom. The summed E-state index contributed by atoms with van der Waals surface area (Å²) in [6, 6.07) is 0. The van der Waals surface area contributed by atoms with Gasteiger partial charge in [0.15, 0.2) is 5.13 Å². The number of halogens is 1. The van der Waals surface area contributed by atoms with E-state index in [-0.39, 0.29) is 12.2 Å². The van der Waals surface area contributed by atoms with Crippen molar-refractivity contribution in [3.63, 3.8) is 0 Å². The van der Waals surface area contributed by atoms with Crippen LogP contribution in [0.1, 0.15) is 31.3 Å². The molecule has 0 spiro atoms. The second kappa shape index (κ2) is 6.28. The van der Waals surface area contributed by atoms with Crippen molar-refractivity contribution in [3.05, 3.63) is 10.6 Å². The number of hydrogen-bond donors (Lipinski definition) is 1. The maximum absolute atomic E-state index is 11.6. The molecule has 6 nitrogen and oxygen atoms in total. The van der Waals surface area contributed by atoms with Gasteiger partial charge in [0.25, 0.3) is 0 Å². The zero-order chi connectivity index (χ0) is 15.6. The molecule has 1 aromatic heterocycles. The number of carbonyl (C=O) groups is 1. The van der Waals surface area contributed by atoms with Gasteiger partial charge in [0, 0.05) is 15.6 Å². The van der Waals surface area contributed by atoms with E-state index in [0.29, 0.717) is 10.8 Å². The van der Waals surface area contributed by atoms with Crippen molar-refractivity contribution in [2.24, 2.45) is 0 Å². The standard InChI is InChI=1S/C11H17ClN2O4S2/c1-7-8(5-6-20(12,16)17)19-9(13-7)14-10(15)18-11(2,3)4/h5-6H2,1-4H3,(H,13,14,15). The lowest BCUT2D eigenvalue weighted by molar-refractivity contribution is 0.0636. The van der Waals surface area contributed by atoms with Crippen molar-refractivity contribution in [2.75, 3.05) is 11.1 Å². The lowest BCUT2D eigenvalue weighted by Crippen LogP contribution is -2.27. The van der Waals surface area contributed by atoms with Gasteiger partial charge in [0.05, 0.1) is 11.4 Å². The number of aryl methyl sites for hydroxylation is 2.